The first-order valence-corrected chi connectivity index (χ1v) is 9.59. The maximum absolute atomic E-state index is 12.6. The maximum atomic E-state index is 12.6. The van der Waals surface area contributed by atoms with Crippen molar-refractivity contribution in [2.45, 2.75) is 26.2 Å². The monoisotopic (exact) mass is 387 g/mol. The number of rotatable bonds is 5. The minimum Gasteiger partial charge on any atom is -0.481 e. The molecule has 3 rings (SSSR count). The van der Waals surface area contributed by atoms with Crippen molar-refractivity contribution in [1.29, 1.82) is 0 Å². The summed E-state index contributed by atoms with van der Waals surface area (Å²) in [6, 6.07) is 6.64. The van der Waals surface area contributed by atoms with Crippen LogP contribution in [0.1, 0.15) is 36.5 Å². The second-order valence-corrected chi connectivity index (χ2v) is 7.30. The Bertz CT molecular complexity index is 769. The highest BCUT2D eigenvalue weighted by atomic mass is 16.4. The van der Waals surface area contributed by atoms with Crippen LogP contribution in [0.2, 0.25) is 0 Å². The Labute approximate surface area is 163 Å². The summed E-state index contributed by atoms with van der Waals surface area (Å²) in [6.45, 7) is 3.78. The molecule has 2 saturated heterocycles. The number of carboxylic acids is 1. The third-order valence-corrected chi connectivity index (χ3v) is 5.50. The van der Waals surface area contributed by atoms with E-state index in [1.807, 2.05) is 6.92 Å². The van der Waals surface area contributed by atoms with E-state index in [9.17, 15) is 19.2 Å². The average molecular weight is 387 g/mol. The Hall–Kier alpha value is -2.90. The fourth-order valence-corrected chi connectivity index (χ4v) is 3.71. The van der Waals surface area contributed by atoms with Gasteiger partial charge in [0.2, 0.25) is 11.8 Å². The van der Waals surface area contributed by atoms with Crippen LogP contribution >= 0.6 is 0 Å². The molecule has 3 amide bonds. The van der Waals surface area contributed by atoms with Crippen LogP contribution in [0.4, 0.5) is 5.69 Å². The van der Waals surface area contributed by atoms with Crippen molar-refractivity contribution in [3.05, 3.63) is 29.8 Å². The lowest BCUT2D eigenvalue weighted by Crippen LogP contribution is -2.40. The van der Waals surface area contributed by atoms with Crippen molar-refractivity contribution in [3.63, 3.8) is 0 Å². The highest BCUT2D eigenvalue weighted by Crippen LogP contribution is 2.22. The van der Waals surface area contributed by atoms with Gasteiger partial charge >= 0.3 is 5.97 Å². The van der Waals surface area contributed by atoms with Gasteiger partial charge in [-0.25, -0.2) is 0 Å². The fraction of sp³-hybridized carbons (Fsp3) is 0.500. The number of carbonyl (C=O) groups is 4. The topological polar surface area (TPSA) is 107 Å². The molecule has 150 valence electrons. The fourth-order valence-electron chi connectivity index (χ4n) is 3.71. The number of benzene rings is 1. The Kier molecular flexibility index (Phi) is 5.96. The van der Waals surface area contributed by atoms with E-state index in [4.69, 9.17) is 5.11 Å². The summed E-state index contributed by atoms with van der Waals surface area (Å²) in [5.74, 6) is -1.88. The van der Waals surface area contributed by atoms with E-state index in [0.717, 1.165) is 0 Å². The molecule has 28 heavy (non-hydrogen) atoms. The van der Waals surface area contributed by atoms with Crippen molar-refractivity contribution in [2.75, 3.05) is 31.5 Å². The van der Waals surface area contributed by atoms with Gasteiger partial charge in [0, 0.05) is 43.9 Å². The van der Waals surface area contributed by atoms with E-state index < -0.39 is 5.97 Å². The minimum atomic E-state index is -0.807. The van der Waals surface area contributed by atoms with Crippen molar-refractivity contribution in [1.82, 2.24) is 9.80 Å². The maximum Gasteiger partial charge on any atom is 0.306 e. The second-order valence-electron chi connectivity index (χ2n) is 7.30. The van der Waals surface area contributed by atoms with E-state index in [1.165, 1.54) is 0 Å². The second kappa shape index (κ2) is 8.41. The molecular formula is C20H25N3O5. The van der Waals surface area contributed by atoms with Gasteiger partial charge in [-0.2, -0.15) is 0 Å². The molecule has 2 aliphatic rings. The number of carbonyl (C=O) groups excluding carboxylic acids is 3. The number of aliphatic carboxylic acids is 1. The quantitative estimate of drug-likeness (QED) is 0.795. The van der Waals surface area contributed by atoms with Gasteiger partial charge in [-0.05, 0) is 44.0 Å². The van der Waals surface area contributed by atoms with E-state index in [2.05, 4.69) is 5.32 Å². The van der Waals surface area contributed by atoms with Crippen LogP contribution in [0.3, 0.4) is 0 Å². The third-order valence-electron chi connectivity index (χ3n) is 5.50. The lowest BCUT2D eigenvalue weighted by molar-refractivity contribution is -0.143. The molecule has 1 atom stereocenters. The zero-order valence-corrected chi connectivity index (χ0v) is 15.9. The SMILES string of the molecule is CCN1CC(C(=O)Nc2ccc(C(=O)N3CCC(C(=O)O)CC3)cc2)CC1=O. The molecule has 0 saturated carbocycles. The summed E-state index contributed by atoms with van der Waals surface area (Å²) in [6.07, 6.45) is 1.15. The third kappa shape index (κ3) is 4.32. The molecule has 2 heterocycles. The largest absolute Gasteiger partial charge is 0.481 e. The first-order valence-electron chi connectivity index (χ1n) is 9.59. The van der Waals surface area contributed by atoms with Gasteiger partial charge < -0.3 is 20.2 Å². The zero-order valence-electron chi connectivity index (χ0n) is 15.9. The number of nitrogens with zero attached hydrogens (tertiary/aromatic N) is 2. The molecule has 0 spiro atoms. The lowest BCUT2D eigenvalue weighted by atomic mass is 9.96. The van der Waals surface area contributed by atoms with Crippen molar-refractivity contribution >= 4 is 29.4 Å². The van der Waals surface area contributed by atoms with Gasteiger partial charge in [0.15, 0.2) is 0 Å². The Morgan fingerprint density at radius 2 is 1.75 bits per heavy atom. The van der Waals surface area contributed by atoms with Crippen LogP contribution in [0, 0.1) is 11.8 Å². The number of hydrogen-bond donors (Lipinski definition) is 2. The zero-order chi connectivity index (χ0) is 20.3. The van der Waals surface area contributed by atoms with Crippen molar-refractivity contribution in [2.24, 2.45) is 11.8 Å². The van der Waals surface area contributed by atoms with Crippen LogP contribution in [0.25, 0.3) is 0 Å². The molecule has 1 aromatic carbocycles. The van der Waals surface area contributed by atoms with Gasteiger partial charge in [-0.15, -0.1) is 0 Å². The standard InChI is InChI=1S/C20H25N3O5/c1-2-22-12-15(11-17(22)24)18(25)21-16-5-3-13(4-6-16)19(26)23-9-7-14(8-10-23)20(27)28/h3-6,14-15H,2,7-12H2,1H3,(H,21,25)(H,27,28). The molecule has 1 unspecified atom stereocenters. The summed E-state index contributed by atoms with van der Waals surface area (Å²) < 4.78 is 0. The molecule has 2 N–H and O–H groups in total. The number of likely N-dealkylation sites (tertiary alicyclic amines) is 2. The van der Waals surface area contributed by atoms with Crippen LogP contribution < -0.4 is 5.32 Å². The highest BCUT2D eigenvalue weighted by molar-refractivity contribution is 5.98. The first kappa shape index (κ1) is 19.9. The smallest absolute Gasteiger partial charge is 0.306 e. The van der Waals surface area contributed by atoms with Crippen LogP contribution in [0.5, 0.6) is 0 Å². The van der Waals surface area contributed by atoms with Gasteiger partial charge in [0.05, 0.1) is 11.8 Å². The van der Waals surface area contributed by atoms with Crippen LogP contribution in [-0.4, -0.2) is 64.8 Å². The normalized spacial score (nSPS) is 20.3. The molecule has 2 aliphatic heterocycles. The number of amides is 3. The summed E-state index contributed by atoms with van der Waals surface area (Å²) >= 11 is 0. The number of hydrogen-bond acceptors (Lipinski definition) is 4. The molecule has 0 aliphatic carbocycles. The lowest BCUT2D eigenvalue weighted by Gasteiger charge is -2.30. The molecule has 0 radical (unpaired) electrons. The molecule has 0 bridgehead atoms. The van der Waals surface area contributed by atoms with Crippen LogP contribution in [-0.2, 0) is 14.4 Å². The Morgan fingerprint density at radius 3 is 2.29 bits per heavy atom. The summed E-state index contributed by atoms with van der Waals surface area (Å²) in [5.41, 5.74) is 1.08. The summed E-state index contributed by atoms with van der Waals surface area (Å²) in [7, 11) is 0. The average Bonchev–Trinajstić information content (AvgIpc) is 3.09. The molecule has 0 aromatic heterocycles. The van der Waals surface area contributed by atoms with Gasteiger partial charge in [-0.1, -0.05) is 0 Å². The first-order chi connectivity index (χ1) is 13.4. The molecule has 8 heteroatoms. The Balaban J connectivity index is 1.55. The number of anilines is 1. The van der Waals surface area contributed by atoms with E-state index in [-0.39, 0.29) is 36.0 Å². The molecular weight excluding hydrogens is 362 g/mol. The van der Waals surface area contributed by atoms with Gasteiger partial charge in [0.25, 0.3) is 5.91 Å². The van der Waals surface area contributed by atoms with E-state index in [0.29, 0.717) is 50.3 Å². The minimum absolute atomic E-state index is 0.00439. The predicted molar refractivity (Wildman–Crippen MR) is 102 cm³/mol. The molecule has 2 fully saturated rings. The van der Waals surface area contributed by atoms with E-state index in [1.54, 1.807) is 34.1 Å². The van der Waals surface area contributed by atoms with E-state index >= 15 is 0 Å². The highest BCUT2D eigenvalue weighted by Gasteiger charge is 2.33. The van der Waals surface area contributed by atoms with Gasteiger partial charge in [0.1, 0.15) is 0 Å². The van der Waals surface area contributed by atoms with Crippen LogP contribution in [0.15, 0.2) is 24.3 Å². The number of piperidine rings is 1. The predicted octanol–water partition coefficient (Wildman–Crippen LogP) is 1.43. The van der Waals surface area contributed by atoms with Crippen molar-refractivity contribution in [3.8, 4) is 0 Å². The summed E-state index contributed by atoms with van der Waals surface area (Å²) in [5, 5.41) is 11.9. The summed E-state index contributed by atoms with van der Waals surface area (Å²) in [4.78, 5) is 51.0. The van der Waals surface area contributed by atoms with Gasteiger partial charge in [-0.3, -0.25) is 19.2 Å². The molecule has 1 aromatic rings. The Morgan fingerprint density at radius 1 is 1.11 bits per heavy atom. The number of nitrogens with one attached hydrogen (secondary N) is 1. The number of carboxylic acid groups (broad SMARTS) is 1. The van der Waals surface area contributed by atoms with Crippen molar-refractivity contribution < 1.29 is 24.3 Å². The molecule has 8 nitrogen and oxygen atoms in total.